The Labute approximate surface area is 154 Å². The zero-order chi connectivity index (χ0) is 18.0. The van der Waals surface area contributed by atoms with Crippen molar-refractivity contribution in [2.45, 2.75) is 71.1 Å². The summed E-state index contributed by atoms with van der Waals surface area (Å²) >= 11 is 0. The second-order valence-electron chi connectivity index (χ2n) is 6.37. The van der Waals surface area contributed by atoms with Gasteiger partial charge in [0.1, 0.15) is 0 Å². The highest BCUT2D eigenvalue weighted by molar-refractivity contribution is 5.79. The standard InChI is InChI=1S/C23H34NO/c1-2-3-4-5-6-7-8-9-10-11-12-13-14-15-17-20-23(25)24-21-18-16-19-22-24/h6-7,14-22H,2-5,8-13H2,1H3/q+1. The first-order valence-corrected chi connectivity index (χ1v) is 9.83. The summed E-state index contributed by atoms with van der Waals surface area (Å²) in [6.07, 6.45) is 28.4. The van der Waals surface area contributed by atoms with Crippen LogP contribution in [0.1, 0.15) is 75.9 Å². The van der Waals surface area contributed by atoms with Crippen molar-refractivity contribution in [1.82, 2.24) is 0 Å². The van der Waals surface area contributed by atoms with Gasteiger partial charge in [-0.3, -0.25) is 0 Å². The van der Waals surface area contributed by atoms with Gasteiger partial charge in [0.05, 0.1) is 6.08 Å². The van der Waals surface area contributed by atoms with E-state index in [1.54, 1.807) is 23.0 Å². The maximum atomic E-state index is 11.8. The number of rotatable bonds is 13. The van der Waals surface area contributed by atoms with E-state index in [9.17, 15) is 4.79 Å². The number of carbonyl (C=O) groups excluding carboxylic acids is 1. The van der Waals surface area contributed by atoms with Crippen LogP contribution >= 0.6 is 0 Å². The van der Waals surface area contributed by atoms with E-state index in [0.29, 0.717) is 0 Å². The molecule has 0 spiro atoms. The summed E-state index contributed by atoms with van der Waals surface area (Å²) in [7, 11) is 0. The van der Waals surface area contributed by atoms with Gasteiger partial charge < -0.3 is 0 Å². The van der Waals surface area contributed by atoms with Crippen LogP contribution in [-0.4, -0.2) is 5.91 Å². The Balaban J connectivity index is 1.96. The van der Waals surface area contributed by atoms with Crippen molar-refractivity contribution in [1.29, 1.82) is 0 Å². The molecule has 0 fully saturated rings. The third kappa shape index (κ3) is 12.1. The van der Waals surface area contributed by atoms with E-state index >= 15 is 0 Å². The molecule has 0 amide bonds. The quantitative estimate of drug-likeness (QED) is 0.138. The normalized spacial score (nSPS) is 11.9. The molecule has 0 saturated heterocycles. The number of nitrogens with zero attached hydrogens (tertiary/aromatic N) is 1. The summed E-state index contributed by atoms with van der Waals surface area (Å²) in [6, 6.07) is 5.60. The summed E-state index contributed by atoms with van der Waals surface area (Å²) in [6.45, 7) is 2.25. The van der Waals surface area contributed by atoms with Crippen molar-refractivity contribution in [3.63, 3.8) is 0 Å². The first-order valence-electron chi connectivity index (χ1n) is 9.83. The molecule has 0 saturated carbocycles. The van der Waals surface area contributed by atoms with E-state index in [1.165, 1.54) is 57.8 Å². The highest BCUT2D eigenvalue weighted by atomic mass is 16.1. The van der Waals surface area contributed by atoms with E-state index in [1.807, 2.05) is 30.4 Å². The monoisotopic (exact) mass is 340 g/mol. The van der Waals surface area contributed by atoms with Crippen LogP contribution in [0.25, 0.3) is 0 Å². The van der Waals surface area contributed by atoms with Gasteiger partial charge in [0, 0.05) is 12.1 Å². The predicted octanol–water partition coefficient (Wildman–Crippen LogP) is 6.20. The SMILES string of the molecule is CCCCCC=CCCCCCCC=CC=CC(=O)[n+]1ccccc1. The van der Waals surface area contributed by atoms with Crippen LogP contribution in [0.2, 0.25) is 0 Å². The fraction of sp³-hybridized carbons (Fsp3) is 0.478. The average Bonchev–Trinajstić information content (AvgIpc) is 2.65. The van der Waals surface area contributed by atoms with Crippen LogP contribution in [0.15, 0.2) is 67.0 Å². The van der Waals surface area contributed by atoms with Crippen LogP contribution in [0.4, 0.5) is 0 Å². The molecule has 1 heterocycles. The highest BCUT2D eigenvalue weighted by Gasteiger charge is 2.06. The highest BCUT2D eigenvalue weighted by Crippen LogP contribution is 2.07. The van der Waals surface area contributed by atoms with Crippen LogP contribution < -0.4 is 4.57 Å². The van der Waals surface area contributed by atoms with Crippen LogP contribution in [0.3, 0.4) is 0 Å². The number of aromatic nitrogens is 1. The van der Waals surface area contributed by atoms with E-state index in [2.05, 4.69) is 25.2 Å². The fourth-order valence-corrected chi connectivity index (χ4v) is 2.57. The summed E-state index contributed by atoms with van der Waals surface area (Å²) in [5, 5.41) is 0. The van der Waals surface area contributed by atoms with Crippen LogP contribution in [0, 0.1) is 0 Å². The summed E-state index contributed by atoms with van der Waals surface area (Å²) in [5.41, 5.74) is 0. The molecule has 136 valence electrons. The minimum Gasteiger partial charge on any atom is -0.214 e. The van der Waals surface area contributed by atoms with Gasteiger partial charge in [-0.1, -0.05) is 69.1 Å². The second kappa shape index (κ2) is 15.6. The van der Waals surface area contributed by atoms with Gasteiger partial charge in [0.15, 0.2) is 12.4 Å². The number of allylic oxidation sites excluding steroid dienone is 6. The van der Waals surface area contributed by atoms with Crippen molar-refractivity contribution in [2.75, 3.05) is 0 Å². The molecule has 0 atom stereocenters. The van der Waals surface area contributed by atoms with Gasteiger partial charge in [-0.2, -0.15) is 0 Å². The molecule has 2 heteroatoms. The van der Waals surface area contributed by atoms with E-state index < -0.39 is 0 Å². The average molecular weight is 341 g/mol. The van der Waals surface area contributed by atoms with E-state index in [4.69, 9.17) is 0 Å². The lowest BCUT2D eigenvalue weighted by Crippen LogP contribution is -2.39. The van der Waals surface area contributed by atoms with Gasteiger partial charge in [-0.25, -0.2) is 4.79 Å². The number of unbranched alkanes of at least 4 members (excludes halogenated alkanes) is 8. The molecular formula is C23H34NO+. The van der Waals surface area contributed by atoms with Gasteiger partial charge in [-0.15, -0.1) is 4.57 Å². The third-order valence-electron chi connectivity index (χ3n) is 4.09. The van der Waals surface area contributed by atoms with E-state index in [-0.39, 0.29) is 5.91 Å². The van der Waals surface area contributed by atoms with Crippen LogP contribution in [-0.2, 0) is 0 Å². The Morgan fingerprint density at radius 3 is 2.00 bits per heavy atom. The van der Waals surface area contributed by atoms with Gasteiger partial charge in [-0.05, 0) is 38.5 Å². The lowest BCUT2D eigenvalue weighted by atomic mass is 10.1. The van der Waals surface area contributed by atoms with Gasteiger partial charge in [0.2, 0.25) is 0 Å². The van der Waals surface area contributed by atoms with Crippen molar-refractivity contribution in [2.24, 2.45) is 0 Å². The van der Waals surface area contributed by atoms with E-state index in [0.717, 1.165) is 6.42 Å². The molecule has 1 aromatic heterocycles. The molecule has 0 aliphatic heterocycles. The fourth-order valence-electron chi connectivity index (χ4n) is 2.57. The molecule has 0 N–H and O–H groups in total. The molecular weight excluding hydrogens is 306 g/mol. The Bertz CT molecular complexity index is 528. The molecule has 0 aliphatic carbocycles. The first-order chi connectivity index (χ1) is 12.3. The van der Waals surface area contributed by atoms with Crippen molar-refractivity contribution < 1.29 is 9.36 Å². The predicted molar refractivity (Wildman–Crippen MR) is 107 cm³/mol. The molecule has 1 rings (SSSR count). The topological polar surface area (TPSA) is 20.9 Å². The molecule has 0 aromatic carbocycles. The van der Waals surface area contributed by atoms with Crippen molar-refractivity contribution >= 4 is 5.91 Å². The molecule has 0 bridgehead atoms. The Hall–Kier alpha value is -1.96. The van der Waals surface area contributed by atoms with Crippen LogP contribution in [0.5, 0.6) is 0 Å². The smallest absolute Gasteiger partial charge is 0.214 e. The maximum absolute atomic E-state index is 11.8. The summed E-state index contributed by atoms with van der Waals surface area (Å²) < 4.78 is 1.57. The molecule has 1 aromatic rings. The first kappa shape index (κ1) is 21.1. The third-order valence-corrected chi connectivity index (χ3v) is 4.09. The largest absolute Gasteiger partial charge is 0.417 e. The van der Waals surface area contributed by atoms with Crippen molar-refractivity contribution in [3.05, 3.63) is 67.0 Å². The number of pyridine rings is 1. The van der Waals surface area contributed by atoms with Crippen molar-refractivity contribution in [3.8, 4) is 0 Å². The van der Waals surface area contributed by atoms with Gasteiger partial charge >= 0.3 is 5.91 Å². The molecule has 25 heavy (non-hydrogen) atoms. The van der Waals surface area contributed by atoms with Gasteiger partial charge in [0.25, 0.3) is 0 Å². The minimum absolute atomic E-state index is 0.0204. The molecule has 2 nitrogen and oxygen atoms in total. The summed E-state index contributed by atoms with van der Waals surface area (Å²) in [4.78, 5) is 11.8. The molecule has 0 unspecified atom stereocenters. The second-order valence-corrected chi connectivity index (χ2v) is 6.37. The zero-order valence-corrected chi connectivity index (χ0v) is 15.8. The Morgan fingerprint density at radius 1 is 0.760 bits per heavy atom. The maximum Gasteiger partial charge on any atom is 0.417 e. The lowest BCUT2D eigenvalue weighted by Gasteiger charge is -1.97. The number of hydrogen-bond acceptors (Lipinski definition) is 1. The molecule has 0 radical (unpaired) electrons. The number of hydrogen-bond donors (Lipinski definition) is 0. The Morgan fingerprint density at radius 2 is 1.36 bits per heavy atom. The minimum atomic E-state index is -0.0204. The number of carbonyl (C=O) groups is 1. The molecule has 0 aliphatic rings. The Kier molecular flexibility index (Phi) is 13.1. The lowest BCUT2D eigenvalue weighted by molar-refractivity contribution is -0.570. The zero-order valence-electron chi connectivity index (χ0n) is 15.8. The summed E-state index contributed by atoms with van der Waals surface area (Å²) in [5.74, 6) is -0.0204.